The van der Waals surface area contributed by atoms with Crippen LogP contribution >= 0.6 is 12.4 Å². The van der Waals surface area contributed by atoms with Crippen molar-refractivity contribution in [2.24, 2.45) is 11.1 Å². The third kappa shape index (κ3) is 5.64. The van der Waals surface area contributed by atoms with Gasteiger partial charge in [-0.05, 0) is 50.8 Å². The molecule has 0 saturated heterocycles. The molecule has 3 N–H and O–H groups in total. The van der Waals surface area contributed by atoms with Crippen LogP contribution in [0, 0.1) is 11.2 Å². The predicted octanol–water partition coefficient (Wildman–Crippen LogP) is 4.27. The summed E-state index contributed by atoms with van der Waals surface area (Å²) in [4.78, 5) is 12.4. The molecule has 0 radical (unpaired) electrons. The number of carbonyl (C=O) groups excluding carboxylic acids is 1. The predicted molar refractivity (Wildman–Crippen MR) is 97.2 cm³/mol. The summed E-state index contributed by atoms with van der Waals surface area (Å²) in [7, 11) is 0. The van der Waals surface area contributed by atoms with Crippen molar-refractivity contribution < 1.29 is 13.9 Å². The van der Waals surface area contributed by atoms with Gasteiger partial charge in [-0.2, -0.15) is 0 Å². The first-order valence-electron chi connectivity index (χ1n) is 8.40. The van der Waals surface area contributed by atoms with E-state index in [1.54, 1.807) is 6.07 Å². The Kier molecular flexibility index (Phi) is 7.97. The van der Waals surface area contributed by atoms with Gasteiger partial charge in [0.1, 0.15) is 11.6 Å². The fourth-order valence-electron chi connectivity index (χ4n) is 3.25. The van der Waals surface area contributed by atoms with E-state index in [0.29, 0.717) is 24.4 Å². The number of nitrogens with two attached hydrogens (primary N) is 1. The summed E-state index contributed by atoms with van der Waals surface area (Å²) < 4.78 is 19.1. The highest BCUT2D eigenvalue weighted by Gasteiger charge is 2.33. The minimum Gasteiger partial charge on any atom is -0.489 e. The summed E-state index contributed by atoms with van der Waals surface area (Å²) in [6.07, 6.45) is 5.73. The average Bonchev–Trinajstić information content (AvgIpc) is 2.50. The molecular weight excluding hydrogens is 331 g/mol. The molecular formula is C18H28ClFN2O2. The van der Waals surface area contributed by atoms with Crippen LogP contribution in [-0.2, 0) is 4.79 Å². The number of benzene rings is 1. The molecule has 1 aromatic carbocycles. The number of amides is 1. The second kappa shape index (κ2) is 9.23. The highest BCUT2D eigenvalue weighted by atomic mass is 35.5. The number of ether oxygens (including phenoxy) is 1. The van der Waals surface area contributed by atoms with Crippen molar-refractivity contribution in [3.8, 4) is 5.75 Å². The first-order chi connectivity index (χ1) is 10.9. The Labute approximate surface area is 149 Å². The molecule has 0 bridgehead atoms. The zero-order valence-electron chi connectivity index (χ0n) is 14.4. The lowest BCUT2D eigenvalue weighted by molar-refractivity contribution is -0.118. The third-order valence-electron chi connectivity index (χ3n) is 4.46. The van der Waals surface area contributed by atoms with Crippen molar-refractivity contribution in [3.63, 3.8) is 0 Å². The van der Waals surface area contributed by atoms with Crippen LogP contribution < -0.4 is 15.8 Å². The summed E-state index contributed by atoms with van der Waals surface area (Å²) >= 11 is 0. The van der Waals surface area contributed by atoms with Crippen LogP contribution in [-0.4, -0.2) is 18.6 Å². The molecule has 1 aromatic rings. The Morgan fingerprint density at radius 3 is 2.58 bits per heavy atom. The minimum atomic E-state index is -0.400. The number of anilines is 1. The molecule has 1 aliphatic carbocycles. The van der Waals surface area contributed by atoms with Gasteiger partial charge in [0.2, 0.25) is 5.91 Å². The number of hydrogen-bond donors (Lipinski definition) is 2. The van der Waals surface area contributed by atoms with Crippen molar-refractivity contribution in [1.29, 1.82) is 0 Å². The molecule has 0 aromatic heterocycles. The molecule has 1 saturated carbocycles. The Bertz CT molecular complexity index is 546. The number of nitrogens with one attached hydrogen (secondary N) is 1. The molecule has 0 atom stereocenters. The van der Waals surface area contributed by atoms with Crippen LogP contribution in [0.3, 0.4) is 0 Å². The lowest BCUT2D eigenvalue weighted by Gasteiger charge is -2.35. The van der Waals surface area contributed by atoms with Crippen LogP contribution in [0.15, 0.2) is 18.2 Å². The van der Waals surface area contributed by atoms with E-state index in [0.717, 1.165) is 25.7 Å². The van der Waals surface area contributed by atoms with E-state index in [1.807, 2.05) is 13.8 Å². The SMILES string of the molecule is CC(C)Oc1ccc(F)cc1NC(=O)CC1(CN)CCCCC1.Cl. The molecule has 1 aliphatic rings. The Morgan fingerprint density at radius 1 is 1.33 bits per heavy atom. The number of carbonyl (C=O) groups is 1. The van der Waals surface area contributed by atoms with Gasteiger partial charge in [0.25, 0.3) is 0 Å². The van der Waals surface area contributed by atoms with Gasteiger partial charge in [-0.1, -0.05) is 19.3 Å². The molecule has 24 heavy (non-hydrogen) atoms. The smallest absolute Gasteiger partial charge is 0.225 e. The summed E-state index contributed by atoms with van der Waals surface area (Å²) in [6, 6.07) is 4.17. The van der Waals surface area contributed by atoms with Crippen molar-refractivity contribution in [1.82, 2.24) is 0 Å². The van der Waals surface area contributed by atoms with Gasteiger partial charge in [0, 0.05) is 12.5 Å². The summed E-state index contributed by atoms with van der Waals surface area (Å²) in [5.74, 6) is -0.0423. The highest BCUT2D eigenvalue weighted by molar-refractivity contribution is 5.92. The van der Waals surface area contributed by atoms with Crippen molar-refractivity contribution in [2.75, 3.05) is 11.9 Å². The first kappa shape index (κ1) is 20.7. The van der Waals surface area contributed by atoms with Gasteiger partial charge in [-0.3, -0.25) is 4.79 Å². The van der Waals surface area contributed by atoms with E-state index in [4.69, 9.17) is 10.5 Å². The van der Waals surface area contributed by atoms with Gasteiger partial charge < -0.3 is 15.8 Å². The van der Waals surface area contributed by atoms with E-state index in [2.05, 4.69) is 5.32 Å². The van der Waals surface area contributed by atoms with Gasteiger partial charge in [0.05, 0.1) is 11.8 Å². The van der Waals surface area contributed by atoms with Crippen LogP contribution in [0.4, 0.5) is 10.1 Å². The maximum absolute atomic E-state index is 13.5. The average molecular weight is 359 g/mol. The van der Waals surface area contributed by atoms with Crippen molar-refractivity contribution in [2.45, 2.75) is 58.5 Å². The fraction of sp³-hybridized carbons (Fsp3) is 0.611. The van der Waals surface area contributed by atoms with Crippen LogP contribution in [0.5, 0.6) is 5.75 Å². The lowest BCUT2D eigenvalue weighted by Crippen LogP contribution is -2.36. The summed E-state index contributed by atoms with van der Waals surface area (Å²) in [6.45, 7) is 4.29. The van der Waals surface area contributed by atoms with E-state index in [9.17, 15) is 9.18 Å². The minimum absolute atomic E-state index is 0. The molecule has 2 rings (SSSR count). The zero-order chi connectivity index (χ0) is 16.9. The van der Waals surface area contributed by atoms with Crippen LogP contribution in [0.25, 0.3) is 0 Å². The number of halogens is 2. The highest BCUT2D eigenvalue weighted by Crippen LogP contribution is 2.39. The molecule has 0 spiro atoms. The molecule has 136 valence electrons. The third-order valence-corrected chi connectivity index (χ3v) is 4.46. The van der Waals surface area contributed by atoms with E-state index < -0.39 is 5.82 Å². The van der Waals surface area contributed by atoms with Crippen LogP contribution in [0.2, 0.25) is 0 Å². The summed E-state index contributed by atoms with van der Waals surface area (Å²) in [5, 5.41) is 2.80. The van der Waals surface area contributed by atoms with Crippen molar-refractivity contribution >= 4 is 24.0 Å². The van der Waals surface area contributed by atoms with Crippen LogP contribution in [0.1, 0.15) is 52.4 Å². The molecule has 0 aliphatic heterocycles. The van der Waals surface area contributed by atoms with E-state index >= 15 is 0 Å². The molecule has 1 fully saturated rings. The Morgan fingerprint density at radius 2 is 2.00 bits per heavy atom. The Hall–Kier alpha value is -1.33. The standard InChI is InChI=1S/C18H27FN2O2.ClH/c1-13(2)23-16-7-6-14(19)10-15(16)21-17(22)11-18(12-20)8-4-3-5-9-18;/h6-7,10,13H,3-5,8-9,11-12,20H2,1-2H3,(H,21,22);1H. The van der Waals surface area contributed by atoms with Gasteiger partial charge >= 0.3 is 0 Å². The quantitative estimate of drug-likeness (QED) is 0.798. The zero-order valence-corrected chi connectivity index (χ0v) is 15.3. The second-order valence-electron chi connectivity index (χ2n) is 6.80. The second-order valence-corrected chi connectivity index (χ2v) is 6.80. The maximum Gasteiger partial charge on any atom is 0.225 e. The molecule has 0 heterocycles. The Balaban J connectivity index is 0.00000288. The normalized spacial score (nSPS) is 16.4. The largest absolute Gasteiger partial charge is 0.489 e. The fourth-order valence-corrected chi connectivity index (χ4v) is 3.25. The van der Waals surface area contributed by atoms with Gasteiger partial charge in [-0.25, -0.2) is 4.39 Å². The van der Waals surface area contributed by atoms with E-state index in [1.165, 1.54) is 18.6 Å². The molecule has 6 heteroatoms. The van der Waals surface area contributed by atoms with Crippen molar-refractivity contribution in [3.05, 3.63) is 24.0 Å². The molecule has 0 unspecified atom stereocenters. The van der Waals surface area contributed by atoms with Gasteiger partial charge in [-0.15, -0.1) is 12.4 Å². The van der Waals surface area contributed by atoms with E-state index in [-0.39, 0.29) is 29.8 Å². The molecule has 1 amide bonds. The first-order valence-corrected chi connectivity index (χ1v) is 8.40. The molecule has 4 nitrogen and oxygen atoms in total. The number of rotatable bonds is 6. The monoisotopic (exact) mass is 358 g/mol. The topological polar surface area (TPSA) is 64.3 Å². The van der Waals surface area contributed by atoms with Gasteiger partial charge in [0.15, 0.2) is 0 Å². The summed E-state index contributed by atoms with van der Waals surface area (Å²) in [5.41, 5.74) is 6.20. The lowest BCUT2D eigenvalue weighted by atomic mass is 9.71. The number of hydrogen-bond acceptors (Lipinski definition) is 3. The maximum atomic E-state index is 13.5.